The van der Waals surface area contributed by atoms with E-state index in [-0.39, 0.29) is 0 Å². The van der Waals surface area contributed by atoms with Crippen LogP contribution in [0.4, 0.5) is 0 Å². The average molecular weight is 244 g/mol. The maximum absolute atomic E-state index is 5.23. The molecule has 5 nitrogen and oxygen atoms in total. The van der Waals surface area contributed by atoms with Crippen molar-refractivity contribution >= 4 is 0 Å². The molecule has 1 N–H and O–H groups in total. The van der Waals surface area contributed by atoms with Crippen molar-refractivity contribution in [1.29, 1.82) is 0 Å². The Balaban J connectivity index is 1.75. The van der Waals surface area contributed by atoms with Crippen molar-refractivity contribution in [2.75, 3.05) is 0 Å². The minimum absolute atomic E-state index is 0.491. The predicted octanol–water partition coefficient (Wildman–Crippen LogP) is 2.81. The van der Waals surface area contributed by atoms with Crippen molar-refractivity contribution in [2.24, 2.45) is 0 Å². The molecule has 0 aromatic carbocycles. The second-order valence-corrected chi connectivity index (χ2v) is 4.74. The van der Waals surface area contributed by atoms with Gasteiger partial charge in [-0.3, -0.25) is 5.10 Å². The molecule has 2 heterocycles. The van der Waals surface area contributed by atoms with Crippen LogP contribution in [0.5, 0.6) is 0 Å². The Bertz CT molecular complexity index is 567. The van der Waals surface area contributed by atoms with Crippen LogP contribution in [0.25, 0.3) is 11.6 Å². The zero-order valence-electron chi connectivity index (χ0n) is 10.4. The molecule has 0 saturated carbocycles. The Hall–Kier alpha value is -1.91. The normalized spacial score (nSPS) is 15.7. The molecule has 1 aliphatic carbocycles. The highest BCUT2D eigenvalue weighted by atomic mass is 16.5. The highest BCUT2D eigenvalue weighted by Crippen LogP contribution is 2.21. The maximum Gasteiger partial charge on any atom is 0.278 e. The van der Waals surface area contributed by atoms with Gasteiger partial charge in [-0.05, 0) is 38.7 Å². The summed E-state index contributed by atoms with van der Waals surface area (Å²) in [7, 11) is 0. The maximum atomic E-state index is 5.23. The number of aromatic amines is 1. The number of nitrogens with one attached hydrogen (secondary N) is 1. The smallest absolute Gasteiger partial charge is 0.278 e. The lowest BCUT2D eigenvalue weighted by Gasteiger charge is -2.09. The Kier molecular flexibility index (Phi) is 2.96. The third kappa shape index (κ3) is 2.34. The van der Waals surface area contributed by atoms with E-state index >= 15 is 0 Å². The highest BCUT2D eigenvalue weighted by molar-refractivity contribution is 5.46. The average Bonchev–Trinajstić information content (AvgIpc) is 2.99. The number of hydrogen-bond acceptors (Lipinski definition) is 4. The third-order valence-corrected chi connectivity index (χ3v) is 3.16. The van der Waals surface area contributed by atoms with Crippen LogP contribution in [-0.4, -0.2) is 20.3 Å². The lowest BCUT2D eigenvalue weighted by atomic mass is 9.97. The fourth-order valence-corrected chi connectivity index (χ4v) is 2.23. The molecule has 0 radical (unpaired) electrons. The van der Waals surface area contributed by atoms with E-state index in [1.54, 1.807) is 0 Å². The van der Waals surface area contributed by atoms with Crippen molar-refractivity contribution in [2.45, 2.75) is 39.0 Å². The van der Waals surface area contributed by atoms with Crippen molar-refractivity contribution in [3.8, 4) is 11.6 Å². The van der Waals surface area contributed by atoms with Crippen LogP contribution in [0, 0.1) is 6.92 Å². The second-order valence-electron chi connectivity index (χ2n) is 4.74. The van der Waals surface area contributed by atoms with Crippen LogP contribution in [0.1, 0.15) is 37.2 Å². The van der Waals surface area contributed by atoms with Crippen LogP contribution >= 0.6 is 0 Å². The fraction of sp³-hybridized carbons (Fsp3) is 0.462. The number of allylic oxidation sites excluding steroid dienone is 2. The molecule has 18 heavy (non-hydrogen) atoms. The second kappa shape index (κ2) is 4.76. The minimum Gasteiger partial charge on any atom is -0.332 e. The topological polar surface area (TPSA) is 67.6 Å². The summed E-state index contributed by atoms with van der Waals surface area (Å²) < 4.78 is 5.23. The summed E-state index contributed by atoms with van der Waals surface area (Å²) in [5.41, 5.74) is 3.12. The van der Waals surface area contributed by atoms with Crippen molar-refractivity contribution in [1.82, 2.24) is 20.3 Å². The molecule has 0 saturated heterocycles. The SMILES string of the molecule is Cc1cc(-c2nc(CC3=CCCCC3)no2)n[nH]1. The van der Waals surface area contributed by atoms with Gasteiger partial charge < -0.3 is 4.52 Å². The Morgan fingerprint density at radius 3 is 3.06 bits per heavy atom. The molecule has 0 amide bonds. The Morgan fingerprint density at radius 1 is 1.39 bits per heavy atom. The molecule has 2 aromatic rings. The molecule has 94 valence electrons. The standard InChI is InChI=1S/C13H16N4O/c1-9-7-11(16-15-9)13-14-12(17-18-13)8-10-5-3-2-4-6-10/h5,7H,2-4,6,8H2,1H3,(H,15,16). The third-order valence-electron chi connectivity index (χ3n) is 3.16. The predicted molar refractivity (Wildman–Crippen MR) is 66.9 cm³/mol. The minimum atomic E-state index is 0.491. The van der Waals surface area contributed by atoms with Crippen LogP contribution in [0.2, 0.25) is 0 Å². The van der Waals surface area contributed by atoms with Gasteiger partial charge in [0, 0.05) is 12.1 Å². The molecule has 0 unspecified atom stereocenters. The van der Waals surface area contributed by atoms with Gasteiger partial charge in [-0.25, -0.2) is 0 Å². The first-order chi connectivity index (χ1) is 8.81. The zero-order valence-corrected chi connectivity index (χ0v) is 10.4. The lowest BCUT2D eigenvalue weighted by Crippen LogP contribution is -1.97. The number of hydrogen-bond donors (Lipinski definition) is 1. The largest absolute Gasteiger partial charge is 0.332 e. The van der Waals surface area contributed by atoms with E-state index in [1.807, 2.05) is 13.0 Å². The Morgan fingerprint density at radius 2 is 2.33 bits per heavy atom. The van der Waals surface area contributed by atoms with Gasteiger partial charge in [0.25, 0.3) is 5.89 Å². The first kappa shape index (κ1) is 11.2. The van der Waals surface area contributed by atoms with E-state index in [9.17, 15) is 0 Å². The number of aryl methyl sites for hydroxylation is 1. The summed E-state index contributed by atoms with van der Waals surface area (Å²) in [6, 6.07) is 1.90. The van der Waals surface area contributed by atoms with E-state index in [1.165, 1.54) is 24.8 Å². The first-order valence-electron chi connectivity index (χ1n) is 6.34. The molecular formula is C13H16N4O. The van der Waals surface area contributed by atoms with Gasteiger partial charge in [-0.2, -0.15) is 10.1 Å². The summed E-state index contributed by atoms with van der Waals surface area (Å²) >= 11 is 0. The molecule has 0 aliphatic heterocycles. The van der Waals surface area contributed by atoms with Crippen molar-refractivity contribution < 1.29 is 4.52 Å². The number of nitrogens with zero attached hydrogens (tertiary/aromatic N) is 3. The Labute approximate surface area is 105 Å². The molecule has 3 rings (SSSR count). The van der Waals surface area contributed by atoms with E-state index < -0.39 is 0 Å². The number of rotatable bonds is 3. The molecular weight excluding hydrogens is 228 g/mol. The summed E-state index contributed by atoms with van der Waals surface area (Å²) in [6.45, 7) is 1.95. The van der Waals surface area contributed by atoms with E-state index in [0.717, 1.165) is 24.4 Å². The summed E-state index contributed by atoms with van der Waals surface area (Å²) in [5, 5.41) is 11.0. The van der Waals surface area contributed by atoms with Gasteiger partial charge in [0.05, 0.1) is 0 Å². The molecule has 2 aromatic heterocycles. The van der Waals surface area contributed by atoms with E-state index in [2.05, 4.69) is 26.4 Å². The van der Waals surface area contributed by atoms with Gasteiger partial charge in [0.1, 0.15) is 0 Å². The van der Waals surface area contributed by atoms with Gasteiger partial charge >= 0.3 is 0 Å². The summed E-state index contributed by atoms with van der Waals surface area (Å²) in [6.07, 6.45) is 8.01. The van der Waals surface area contributed by atoms with Gasteiger partial charge in [-0.1, -0.05) is 16.8 Å². The lowest BCUT2D eigenvalue weighted by molar-refractivity contribution is 0.422. The quantitative estimate of drug-likeness (QED) is 0.843. The molecule has 0 spiro atoms. The van der Waals surface area contributed by atoms with E-state index in [0.29, 0.717) is 11.6 Å². The van der Waals surface area contributed by atoms with Gasteiger partial charge in [0.15, 0.2) is 11.5 Å². The zero-order chi connectivity index (χ0) is 12.4. The molecule has 5 heteroatoms. The molecule has 0 atom stereocenters. The highest BCUT2D eigenvalue weighted by Gasteiger charge is 2.13. The van der Waals surface area contributed by atoms with Crippen LogP contribution in [-0.2, 0) is 6.42 Å². The van der Waals surface area contributed by atoms with Gasteiger partial charge in [0.2, 0.25) is 0 Å². The molecule has 0 bridgehead atoms. The van der Waals surface area contributed by atoms with Crippen molar-refractivity contribution in [3.05, 3.63) is 29.2 Å². The first-order valence-corrected chi connectivity index (χ1v) is 6.34. The molecule has 1 aliphatic rings. The van der Waals surface area contributed by atoms with Crippen LogP contribution in [0.3, 0.4) is 0 Å². The summed E-state index contributed by atoms with van der Waals surface area (Å²) in [4.78, 5) is 4.39. The molecule has 0 fully saturated rings. The van der Waals surface area contributed by atoms with Crippen molar-refractivity contribution in [3.63, 3.8) is 0 Å². The monoisotopic (exact) mass is 244 g/mol. The summed E-state index contributed by atoms with van der Waals surface area (Å²) in [5.74, 6) is 1.24. The number of H-pyrrole nitrogens is 1. The van der Waals surface area contributed by atoms with Crippen LogP contribution in [0.15, 0.2) is 22.2 Å². The van der Waals surface area contributed by atoms with Crippen LogP contribution < -0.4 is 0 Å². The van der Waals surface area contributed by atoms with Gasteiger partial charge in [-0.15, -0.1) is 0 Å². The fourth-order valence-electron chi connectivity index (χ4n) is 2.23. The number of aromatic nitrogens is 4. The van der Waals surface area contributed by atoms with E-state index in [4.69, 9.17) is 4.52 Å².